The topological polar surface area (TPSA) is 258 Å². The number of oxime groups is 1. The fourth-order valence-corrected chi connectivity index (χ4v) is 3.93. The Morgan fingerprint density at radius 1 is 1.35 bits per heavy atom. The number of nitrogens with one attached hydrogen (secondary N) is 3. The van der Waals surface area contributed by atoms with Crippen molar-refractivity contribution >= 4 is 56.1 Å². The lowest BCUT2D eigenvalue weighted by atomic mass is 10.0. The van der Waals surface area contributed by atoms with Crippen LogP contribution in [0.25, 0.3) is 0 Å². The lowest BCUT2D eigenvalue weighted by Gasteiger charge is -2.42. The molecule has 0 spiro atoms. The second kappa shape index (κ2) is 10.3. The van der Waals surface area contributed by atoms with Crippen LogP contribution in [0.1, 0.15) is 26.5 Å². The van der Waals surface area contributed by atoms with E-state index in [1.165, 1.54) is 26.2 Å². The summed E-state index contributed by atoms with van der Waals surface area (Å²) in [6, 6.07) is -2.38. The molecule has 1 aliphatic rings. The molecule has 0 radical (unpaired) electrons. The number of anilines is 1. The van der Waals surface area contributed by atoms with Crippen molar-refractivity contribution < 1.29 is 41.8 Å². The third kappa shape index (κ3) is 6.14. The Hall–Kier alpha value is -3.39. The SMILES string of the molecule is C[C@H]1[C@H](NC(=O)C(=NOC(C)(C)C(=O)NNC(=O)CON)c2csc(N)n2)C(=O)N1S(=O)(=O)O. The minimum Gasteiger partial charge on any atom is -0.379 e. The van der Waals surface area contributed by atoms with Gasteiger partial charge < -0.3 is 15.9 Å². The van der Waals surface area contributed by atoms with Crippen LogP contribution in [-0.2, 0) is 39.2 Å². The number of hydrogen-bond acceptors (Lipinski definition) is 13. The molecule has 1 saturated heterocycles. The van der Waals surface area contributed by atoms with E-state index >= 15 is 0 Å². The lowest BCUT2D eigenvalue weighted by molar-refractivity contribution is -0.146. The first-order valence-corrected chi connectivity index (χ1v) is 11.5. The van der Waals surface area contributed by atoms with Crippen molar-refractivity contribution in [1.82, 2.24) is 25.5 Å². The van der Waals surface area contributed by atoms with Crippen LogP contribution < -0.4 is 27.8 Å². The number of hydrazine groups is 1. The second-order valence-corrected chi connectivity index (χ2v) is 9.41. The number of nitrogens with zero attached hydrogens (tertiary/aromatic N) is 3. The standard InChI is InChI=1S/C15H22N8O9S2/c1-6-9(12(26)23(6)34(28,29)30)19-11(25)10(7-5-33-14(16)18-7)22-32-15(2,3)13(27)21-20-8(24)4-31-17/h5-6,9H,4,17H2,1-3H3,(H2,16,18)(H,19,25)(H,20,24)(H,21,27)(H,28,29,30)/t6-,9-/m0/s1. The average molecular weight is 523 g/mol. The van der Waals surface area contributed by atoms with Crippen molar-refractivity contribution in [1.29, 1.82) is 0 Å². The fraction of sp³-hybridized carbons (Fsp3) is 0.467. The molecule has 8 N–H and O–H groups in total. The Balaban J connectivity index is 2.18. The van der Waals surface area contributed by atoms with Crippen molar-refractivity contribution in [2.75, 3.05) is 12.3 Å². The van der Waals surface area contributed by atoms with Crippen LogP contribution in [0, 0.1) is 0 Å². The highest BCUT2D eigenvalue weighted by Crippen LogP contribution is 2.23. The van der Waals surface area contributed by atoms with E-state index < -0.39 is 63.9 Å². The number of aromatic nitrogens is 1. The van der Waals surface area contributed by atoms with Gasteiger partial charge in [-0.25, -0.2) is 15.2 Å². The van der Waals surface area contributed by atoms with E-state index in [0.717, 1.165) is 11.3 Å². The van der Waals surface area contributed by atoms with E-state index in [9.17, 15) is 27.6 Å². The maximum Gasteiger partial charge on any atom is 0.362 e. The number of hydrogen-bond donors (Lipinski definition) is 6. The number of nitrogen functional groups attached to an aromatic ring is 1. The summed E-state index contributed by atoms with van der Waals surface area (Å²) in [7, 11) is -4.80. The smallest absolute Gasteiger partial charge is 0.362 e. The summed E-state index contributed by atoms with van der Waals surface area (Å²) in [6.45, 7) is 3.29. The van der Waals surface area contributed by atoms with E-state index in [-0.39, 0.29) is 15.1 Å². The van der Waals surface area contributed by atoms with Gasteiger partial charge in [0.05, 0.1) is 6.04 Å². The van der Waals surface area contributed by atoms with E-state index in [2.05, 4.69) is 25.7 Å². The van der Waals surface area contributed by atoms with Crippen LogP contribution in [0.3, 0.4) is 0 Å². The number of thiazole rings is 1. The van der Waals surface area contributed by atoms with Gasteiger partial charge in [-0.2, -0.15) is 8.42 Å². The van der Waals surface area contributed by atoms with Gasteiger partial charge in [0.25, 0.3) is 23.6 Å². The Kier molecular flexibility index (Phi) is 8.10. The summed E-state index contributed by atoms with van der Waals surface area (Å²) in [5.41, 5.74) is 7.38. The van der Waals surface area contributed by atoms with Crippen molar-refractivity contribution in [3.8, 4) is 0 Å². The molecule has 1 aromatic rings. The molecular formula is C15H22N8O9S2. The minimum absolute atomic E-state index is 0.0596. The number of rotatable bonds is 9. The molecule has 0 aromatic carbocycles. The van der Waals surface area contributed by atoms with Gasteiger partial charge in [0.2, 0.25) is 5.60 Å². The monoisotopic (exact) mass is 522 g/mol. The zero-order chi connectivity index (χ0) is 25.8. The molecule has 19 heteroatoms. The summed E-state index contributed by atoms with van der Waals surface area (Å²) in [6.07, 6.45) is 0. The fourth-order valence-electron chi connectivity index (χ4n) is 2.50. The summed E-state index contributed by atoms with van der Waals surface area (Å²) in [4.78, 5) is 61.7. The maximum atomic E-state index is 12.8. The van der Waals surface area contributed by atoms with E-state index in [4.69, 9.17) is 21.0 Å². The molecule has 4 amide bonds. The van der Waals surface area contributed by atoms with Gasteiger partial charge in [-0.15, -0.1) is 11.3 Å². The van der Waals surface area contributed by atoms with E-state index in [1.807, 2.05) is 5.43 Å². The van der Waals surface area contributed by atoms with Crippen LogP contribution >= 0.6 is 11.3 Å². The van der Waals surface area contributed by atoms with Crippen LogP contribution in [-0.4, -0.2) is 75.9 Å². The first kappa shape index (κ1) is 26.9. The quantitative estimate of drug-likeness (QED) is 0.0810. The van der Waals surface area contributed by atoms with Gasteiger partial charge in [-0.3, -0.25) is 39.4 Å². The molecule has 0 unspecified atom stereocenters. The summed E-state index contributed by atoms with van der Waals surface area (Å²) >= 11 is 0.963. The third-order valence-corrected chi connectivity index (χ3v) is 5.98. The third-order valence-electron chi connectivity index (χ3n) is 4.29. The first-order chi connectivity index (χ1) is 15.7. The number of nitrogens with two attached hydrogens (primary N) is 2. The predicted octanol–water partition coefficient (Wildman–Crippen LogP) is -3.22. The Labute approximate surface area is 196 Å². The second-order valence-electron chi connectivity index (χ2n) is 7.23. The molecule has 1 aliphatic heterocycles. The number of carbonyl (C=O) groups excluding carboxylic acids is 4. The molecule has 0 aliphatic carbocycles. The largest absolute Gasteiger partial charge is 0.379 e. The van der Waals surface area contributed by atoms with E-state index in [1.54, 1.807) is 0 Å². The van der Waals surface area contributed by atoms with Crippen LogP contribution in [0.4, 0.5) is 5.13 Å². The number of carbonyl (C=O) groups is 4. The van der Waals surface area contributed by atoms with Gasteiger partial charge >= 0.3 is 10.3 Å². The number of amides is 4. The van der Waals surface area contributed by atoms with Crippen molar-refractivity contribution in [2.24, 2.45) is 11.1 Å². The summed E-state index contributed by atoms with van der Waals surface area (Å²) in [5.74, 6) is 1.05. The predicted molar refractivity (Wildman–Crippen MR) is 114 cm³/mol. The van der Waals surface area contributed by atoms with Crippen LogP contribution in [0.5, 0.6) is 0 Å². The molecule has 0 saturated carbocycles. The molecule has 2 heterocycles. The highest BCUT2D eigenvalue weighted by atomic mass is 32.2. The highest BCUT2D eigenvalue weighted by molar-refractivity contribution is 7.84. The van der Waals surface area contributed by atoms with Crippen molar-refractivity contribution in [3.05, 3.63) is 11.1 Å². The molecular weight excluding hydrogens is 500 g/mol. The maximum absolute atomic E-state index is 12.8. The number of β-lactam (4-membered cyclic amide) rings is 1. The first-order valence-electron chi connectivity index (χ1n) is 9.19. The van der Waals surface area contributed by atoms with Gasteiger partial charge in [0, 0.05) is 5.38 Å². The summed E-state index contributed by atoms with van der Waals surface area (Å²) < 4.78 is 31.7. The van der Waals surface area contributed by atoms with Crippen LogP contribution in [0.15, 0.2) is 10.5 Å². The molecule has 1 aromatic heterocycles. The van der Waals surface area contributed by atoms with Gasteiger partial charge in [-0.05, 0) is 20.8 Å². The zero-order valence-electron chi connectivity index (χ0n) is 18.0. The molecule has 2 atom stereocenters. The van der Waals surface area contributed by atoms with Crippen molar-refractivity contribution in [2.45, 2.75) is 38.5 Å². The molecule has 2 rings (SSSR count). The average Bonchev–Trinajstić information content (AvgIpc) is 3.15. The van der Waals surface area contributed by atoms with Gasteiger partial charge in [0.15, 0.2) is 10.8 Å². The Morgan fingerprint density at radius 2 is 2.00 bits per heavy atom. The van der Waals surface area contributed by atoms with Crippen LogP contribution in [0.2, 0.25) is 0 Å². The van der Waals surface area contributed by atoms with E-state index in [0.29, 0.717) is 0 Å². The molecule has 1 fully saturated rings. The normalized spacial score (nSPS) is 18.7. The highest BCUT2D eigenvalue weighted by Gasteiger charge is 2.51. The molecule has 17 nitrogen and oxygen atoms in total. The molecule has 188 valence electrons. The van der Waals surface area contributed by atoms with Gasteiger partial charge in [0.1, 0.15) is 18.3 Å². The lowest BCUT2D eigenvalue weighted by Crippen LogP contribution is -2.71. The Bertz CT molecular complexity index is 1120. The summed E-state index contributed by atoms with van der Waals surface area (Å²) in [5, 5.41) is 7.37. The minimum atomic E-state index is -4.80. The Morgan fingerprint density at radius 3 is 2.50 bits per heavy atom. The molecule has 0 bridgehead atoms. The van der Waals surface area contributed by atoms with Crippen molar-refractivity contribution in [3.63, 3.8) is 0 Å². The zero-order valence-corrected chi connectivity index (χ0v) is 19.6. The molecule has 34 heavy (non-hydrogen) atoms. The van der Waals surface area contributed by atoms with Gasteiger partial charge in [-0.1, -0.05) is 5.16 Å².